The van der Waals surface area contributed by atoms with E-state index in [1.165, 1.54) is 7.11 Å². The molecule has 0 aliphatic rings. The van der Waals surface area contributed by atoms with Gasteiger partial charge in [-0.2, -0.15) is 0 Å². The fourth-order valence-corrected chi connectivity index (χ4v) is 1.31. The lowest BCUT2D eigenvalue weighted by molar-refractivity contribution is -0.137. The van der Waals surface area contributed by atoms with E-state index in [4.69, 9.17) is 9.84 Å². The Bertz CT molecular complexity index is 504. The maximum atomic E-state index is 11.5. The fraction of sp³-hybridized carbons (Fsp3) is 0.250. The second-order valence-corrected chi connectivity index (χ2v) is 3.68. The minimum Gasteiger partial charge on any atom is -0.495 e. The summed E-state index contributed by atoms with van der Waals surface area (Å²) in [6, 6.07) is 6.19. The van der Waals surface area contributed by atoms with Crippen LogP contribution in [0.15, 0.2) is 24.3 Å². The average Bonchev–Trinajstić information content (AvgIpc) is 2.43. The molecule has 0 unspecified atom stereocenters. The predicted octanol–water partition coefficient (Wildman–Crippen LogP) is 0.0175. The highest BCUT2D eigenvalue weighted by Gasteiger charge is 2.08. The molecule has 0 aliphatic carbocycles. The lowest BCUT2D eigenvalue weighted by Crippen LogP contribution is -2.40. The van der Waals surface area contributed by atoms with Gasteiger partial charge in [0, 0.05) is 0 Å². The number of urea groups is 1. The number of benzene rings is 1. The Morgan fingerprint density at radius 3 is 2.50 bits per heavy atom. The molecule has 0 bridgehead atoms. The Morgan fingerprint density at radius 1 is 1.15 bits per heavy atom. The molecule has 0 aromatic heterocycles. The molecule has 1 aromatic rings. The van der Waals surface area contributed by atoms with E-state index < -0.39 is 24.5 Å². The number of hydrogen-bond acceptors (Lipinski definition) is 4. The smallest absolute Gasteiger partial charge is 0.322 e. The Morgan fingerprint density at radius 2 is 1.85 bits per heavy atom. The summed E-state index contributed by atoms with van der Waals surface area (Å²) in [5.41, 5.74) is 0.457. The van der Waals surface area contributed by atoms with Gasteiger partial charge in [-0.1, -0.05) is 12.1 Å². The number of rotatable bonds is 6. The molecule has 1 aromatic carbocycles. The van der Waals surface area contributed by atoms with Gasteiger partial charge in [-0.05, 0) is 12.1 Å². The van der Waals surface area contributed by atoms with E-state index in [1.54, 1.807) is 24.3 Å². The van der Waals surface area contributed by atoms with E-state index in [-0.39, 0.29) is 6.54 Å². The highest BCUT2D eigenvalue weighted by Crippen LogP contribution is 2.22. The molecule has 20 heavy (non-hydrogen) atoms. The maximum absolute atomic E-state index is 11.5. The molecular formula is C12H15N3O5. The van der Waals surface area contributed by atoms with Crippen LogP contribution in [-0.4, -0.2) is 43.2 Å². The summed E-state index contributed by atoms with van der Waals surface area (Å²) in [7, 11) is 1.47. The highest BCUT2D eigenvalue weighted by molar-refractivity contribution is 5.93. The predicted molar refractivity (Wildman–Crippen MR) is 70.7 cm³/mol. The Hall–Kier alpha value is -2.77. The standard InChI is InChI=1S/C12H15N3O5/c1-20-9-5-3-2-4-8(9)15-12(19)14-6-10(16)13-7-11(17)18/h2-5H,6-7H2,1H3,(H,13,16)(H,17,18)(H2,14,15,19). The molecule has 0 atom stereocenters. The Kier molecular flexibility index (Phi) is 5.82. The molecule has 8 nitrogen and oxygen atoms in total. The molecule has 0 aliphatic heterocycles. The number of carbonyl (C=O) groups is 3. The Balaban J connectivity index is 2.40. The van der Waals surface area contributed by atoms with Gasteiger partial charge in [-0.25, -0.2) is 4.79 Å². The van der Waals surface area contributed by atoms with Gasteiger partial charge in [0.1, 0.15) is 12.3 Å². The van der Waals surface area contributed by atoms with E-state index in [2.05, 4.69) is 16.0 Å². The van der Waals surface area contributed by atoms with Crippen molar-refractivity contribution in [1.82, 2.24) is 10.6 Å². The number of aliphatic carboxylic acids is 1. The second kappa shape index (κ2) is 7.62. The number of ether oxygens (including phenoxy) is 1. The summed E-state index contributed by atoms with van der Waals surface area (Å²) in [6.45, 7) is -0.817. The lowest BCUT2D eigenvalue weighted by atomic mass is 10.3. The van der Waals surface area contributed by atoms with Crippen LogP contribution in [0.1, 0.15) is 0 Å². The van der Waals surface area contributed by atoms with Crippen molar-refractivity contribution in [3.05, 3.63) is 24.3 Å². The van der Waals surface area contributed by atoms with Crippen LogP contribution < -0.4 is 20.7 Å². The van der Waals surface area contributed by atoms with Crippen LogP contribution in [0, 0.1) is 0 Å². The third-order valence-electron chi connectivity index (χ3n) is 2.20. The molecule has 0 radical (unpaired) electrons. The van der Waals surface area contributed by atoms with Crippen LogP contribution in [-0.2, 0) is 9.59 Å². The van der Waals surface area contributed by atoms with E-state index in [0.717, 1.165) is 0 Å². The average molecular weight is 281 g/mol. The SMILES string of the molecule is COc1ccccc1NC(=O)NCC(=O)NCC(=O)O. The molecule has 108 valence electrons. The van der Waals surface area contributed by atoms with Crippen molar-refractivity contribution < 1.29 is 24.2 Å². The Labute approximate surface area is 115 Å². The summed E-state index contributed by atoms with van der Waals surface area (Å²) in [5, 5.41) is 15.3. The van der Waals surface area contributed by atoms with Crippen molar-refractivity contribution in [2.75, 3.05) is 25.5 Å². The van der Waals surface area contributed by atoms with Crippen LogP contribution in [0.25, 0.3) is 0 Å². The molecule has 4 N–H and O–H groups in total. The van der Waals surface area contributed by atoms with Crippen molar-refractivity contribution in [3.63, 3.8) is 0 Å². The van der Waals surface area contributed by atoms with Gasteiger partial charge in [-0.15, -0.1) is 0 Å². The molecule has 1 rings (SSSR count). The molecule has 0 saturated carbocycles. The molecule has 0 saturated heterocycles. The first-order valence-corrected chi connectivity index (χ1v) is 5.69. The van der Waals surface area contributed by atoms with Gasteiger partial charge >= 0.3 is 12.0 Å². The molecule has 3 amide bonds. The van der Waals surface area contributed by atoms with Crippen LogP contribution >= 0.6 is 0 Å². The van der Waals surface area contributed by atoms with E-state index >= 15 is 0 Å². The quantitative estimate of drug-likeness (QED) is 0.586. The fourth-order valence-electron chi connectivity index (χ4n) is 1.31. The highest BCUT2D eigenvalue weighted by atomic mass is 16.5. The normalized spacial score (nSPS) is 9.45. The van der Waals surface area contributed by atoms with Gasteiger partial charge in [0.15, 0.2) is 0 Å². The number of carboxylic acids is 1. The number of hydrogen-bond donors (Lipinski definition) is 4. The van der Waals surface area contributed by atoms with Crippen molar-refractivity contribution >= 4 is 23.6 Å². The molecule has 8 heteroatoms. The van der Waals surface area contributed by atoms with Crippen LogP contribution in [0.4, 0.5) is 10.5 Å². The number of para-hydroxylation sites is 2. The monoisotopic (exact) mass is 281 g/mol. The van der Waals surface area contributed by atoms with E-state index in [0.29, 0.717) is 11.4 Å². The molecular weight excluding hydrogens is 266 g/mol. The first-order chi connectivity index (χ1) is 9.52. The van der Waals surface area contributed by atoms with Crippen LogP contribution in [0.2, 0.25) is 0 Å². The zero-order valence-corrected chi connectivity index (χ0v) is 10.8. The second-order valence-electron chi connectivity index (χ2n) is 3.68. The van der Waals surface area contributed by atoms with Crippen molar-refractivity contribution in [2.45, 2.75) is 0 Å². The van der Waals surface area contributed by atoms with Crippen molar-refractivity contribution in [1.29, 1.82) is 0 Å². The minimum absolute atomic E-state index is 0.325. The molecule has 0 heterocycles. The first kappa shape index (κ1) is 15.3. The maximum Gasteiger partial charge on any atom is 0.322 e. The third kappa shape index (κ3) is 5.25. The van der Waals surface area contributed by atoms with E-state index in [9.17, 15) is 14.4 Å². The summed E-state index contributed by atoms with van der Waals surface area (Å²) in [4.78, 5) is 33.0. The number of carbonyl (C=O) groups excluding carboxylic acids is 2. The van der Waals surface area contributed by atoms with Crippen molar-refractivity contribution in [2.24, 2.45) is 0 Å². The van der Waals surface area contributed by atoms with Crippen LogP contribution in [0.5, 0.6) is 5.75 Å². The van der Waals surface area contributed by atoms with Gasteiger partial charge in [0.05, 0.1) is 19.3 Å². The zero-order chi connectivity index (χ0) is 15.0. The minimum atomic E-state index is -1.16. The number of amides is 3. The van der Waals surface area contributed by atoms with Gasteiger partial charge in [-0.3, -0.25) is 9.59 Å². The number of methoxy groups -OCH3 is 1. The topological polar surface area (TPSA) is 117 Å². The van der Waals surface area contributed by atoms with Crippen LogP contribution in [0.3, 0.4) is 0 Å². The summed E-state index contributed by atoms with van der Waals surface area (Å²) < 4.78 is 5.05. The van der Waals surface area contributed by atoms with Gasteiger partial charge in [0.25, 0.3) is 0 Å². The third-order valence-corrected chi connectivity index (χ3v) is 2.20. The zero-order valence-electron chi connectivity index (χ0n) is 10.8. The van der Waals surface area contributed by atoms with Gasteiger partial charge < -0.3 is 25.8 Å². The van der Waals surface area contributed by atoms with Crippen molar-refractivity contribution in [3.8, 4) is 5.75 Å². The summed E-state index contributed by atoms with van der Waals surface area (Å²) in [5.74, 6) is -1.27. The number of carboxylic acid groups (broad SMARTS) is 1. The number of nitrogens with one attached hydrogen (secondary N) is 3. The molecule has 0 spiro atoms. The first-order valence-electron chi connectivity index (χ1n) is 5.69. The summed E-state index contributed by atoms with van der Waals surface area (Å²) >= 11 is 0. The number of anilines is 1. The van der Waals surface area contributed by atoms with Gasteiger partial charge in [0.2, 0.25) is 5.91 Å². The lowest BCUT2D eigenvalue weighted by Gasteiger charge is -2.10. The molecule has 0 fully saturated rings. The largest absolute Gasteiger partial charge is 0.495 e. The van der Waals surface area contributed by atoms with E-state index in [1.807, 2.05) is 0 Å². The summed E-state index contributed by atoms with van der Waals surface area (Å²) in [6.07, 6.45) is 0.